The number of piperidine rings is 1. The highest BCUT2D eigenvalue weighted by Crippen LogP contribution is 2.40. The van der Waals surface area contributed by atoms with E-state index in [0.29, 0.717) is 18.1 Å². The molecule has 2 fully saturated rings. The van der Waals surface area contributed by atoms with E-state index in [1.165, 1.54) is 23.6 Å². The Morgan fingerprint density at radius 2 is 1.70 bits per heavy atom. The third-order valence-electron chi connectivity index (χ3n) is 4.87. The molecule has 2 aliphatic heterocycles. The van der Waals surface area contributed by atoms with Crippen molar-refractivity contribution >= 4 is 16.6 Å². The maximum absolute atomic E-state index is 6.17. The highest BCUT2D eigenvalue weighted by atomic mass is 15.3. The quantitative estimate of drug-likeness (QED) is 0.863. The van der Waals surface area contributed by atoms with E-state index in [9.17, 15) is 0 Å². The largest absolute Gasteiger partial charge is 0.349 e. The van der Waals surface area contributed by atoms with Crippen molar-refractivity contribution in [2.75, 3.05) is 4.90 Å². The molecule has 1 aromatic heterocycles. The fourth-order valence-electron chi connectivity index (χ4n) is 3.98. The molecule has 4 heteroatoms. The van der Waals surface area contributed by atoms with Crippen molar-refractivity contribution < 1.29 is 0 Å². The van der Waals surface area contributed by atoms with Gasteiger partial charge in [-0.15, -0.1) is 5.10 Å². The molecule has 0 saturated carbocycles. The van der Waals surface area contributed by atoms with E-state index in [4.69, 9.17) is 5.73 Å². The number of aryl methyl sites for hydroxylation is 1. The third kappa shape index (κ3) is 1.71. The Kier molecular flexibility index (Phi) is 2.67. The number of nitrogens with zero attached hydrogens (tertiary/aromatic N) is 3. The molecule has 2 bridgehead atoms. The number of fused-ring (bicyclic) bond motifs is 3. The average molecular weight is 268 g/mol. The van der Waals surface area contributed by atoms with Crippen molar-refractivity contribution in [2.24, 2.45) is 5.73 Å². The second-order valence-corrected chi connectivity index (χ2v) is 6.18. The Balaban J connectivity index is 1.85. The highest BCUT2D eigenvalue weighted by Gasteiger charge is 2.41. The van der Waals surface area contributed by atoms with E-state index < -0.39 is 0 Å². The first kappa shape index (κ1) is 12.1. The second kappa shape index (κ2) is 4.42. The summed E-state index contributed by atoms with van der Waals surface area (Å²) in [6, 6.07) is 9.91. The molecule has 2 N–H and O–H groups in total. The molecule has 2 atom stereocenters. The zero-order valence-corrected chi connectivity index (χ0v) is 11.8. The van der Waals surface area contributed by atoms with Crippen LogP contribution in [0.1, 0.15) is 31.4 Å². The van der Waals surface area contributed by atoms with Crippen LogP contribution in [0.25, 0.3) is 10.8 Å². The number of nitrogens with two attached hydrogens (primary N) is 1. The Bertz CT molecular complexity index is 640. The summed E-state index contributed by atoms with van der Waals surface area (Å²) in [4.78, 5) is 2.50. The molecule has 2 aliphatic rings. The molecule has 104 valence electrons. The predicted molar refractivity (Wildman–Crippen MR) is 80.8 cm³/mol. The molecule has 0 radical (unpaired) electrons. The standard InChI is InChI=1S/C16H20N4/c1-10-14-4-2-3-5-15(14)16(19-18-10)20-12-6-7-13(20)9-11(17)8-12/h2-5,11-13H,6-9,17H2,1H3. The molecular formula is C16H20N4. The van der Waals surface area contributed by atoms with Gasteiger partial charge in [0.2, 0.25) is 0 Å². The van der Waals surface area contributed by atoms with Crippen LogP contribution in [-0.2, 0) is 0 Å². The van der Waals surface area contributed by atoms with E-state index in [-0.39, 0.29) is 0 Å². The molecule has 2 aromatic rings. The first-order valence-electron chi connectivity index (χ1n) is 7.50. The van der Waals surface area contributed by atoms with E-state index in [1.807, 2.05) is 6.92 Å². The first-order chi connectivity index (χ1) is 9.74. The number of hydrogen-bond acceptors (Lipinski definition) is 4. The lowest BCUT2D eigenvalue weighted by molar-refractivity contribution is 0.412. The van der Waals surface area contributed by atoms with Gasteiger partial charge in [0, 0.05) is 28.9 Å². The van der Waals surface area contributed by atoms with Crippen molar-refractivity contribution in [3.05, 3.63) is 30.0 Å². The molecule has 0 amide bonds. The van der Waals surface area contributed by atoms with E-state index in [2.05, 4.69) is 39.4 Å². The smallest absolute Gasteiger partial charge is 0.159 e. The first-order valence-corrected chi connectivity index (χ1v) is 7.50. The minimum absolute atomic E-state index is 0.355. The van der Waals surface area contributed by atoms with E-state index in [0.717, 1.165) is 24.4 Å². The Labute approximate surface area is 119 Å². The number of hydrogen-bond donors (Lipinski definition) is 1. The lowest BCUT2D eigenvalue weighted by atomic mass is 9.97. The molecule has 2 unspecified atom stereocenters. The van der Waals surface area contributed by atoms with Crippen LogP contribution < -0.4 is 10.6 Å². The number of aromatic nitrogens is 2. The lowest BCUT2D eigenvalue weighted by Gasteiger charge is -2.38. The minimum atomic E-state index is 0.355. The van der Waals surface area contributed by atoms with Crippen LogP contribution in [0.3, 0.4) is 0 Å². The number of rotatable bonds is 1. The third-order valence-corrected chi connectivity index (χ3v) is 4.87. The Morgan fingerprint density at radius 1 is 1.05 bits per heavy atom. The molecule has 1 aromatic carbocycles. The van der Waals surface area contributed by atoms with Crippen molar-refractivity contribution in [1.82, 2.24) is 10.2 Å². The number of benzene rings is 1. The SMILES string of the molecule is Cc1nnc(N2C3CCC2CC(N)C3)c2ccccc12. The van der Waals surface area contributed by atoms with Gasteiger partial charge in [-0.1, -0.05) is 24.3 Å². The monoisotopic (exact) mass is 268 g/mol. The van der Waals surface area contributed by atoms with Crippen molar-refractivity contribution in [3.8, 4) is 0 Å². The van der Waals surface area contributed by atoms with Gasteiger partial charge in [0.25, 0.3) is 0 Å². The molecule has 0 spiro atoms. The maximum Gasteiger partial charge on any atom is 0.159 e. The van der Waals surface area contributed by atoms with Gasteiger partial charge >= 0.3 is 0 Å². The van der Waals surface area contributed by atoms with Crippen molar-refractivity contribution in [3.63, 3.8) is 0 Å². The zero-order valence-electron chi connectivity index (χ0n) is 11.8. The maximum atomic E-state index is 6.17. The lowest BCUT2D eigenvalue weighted by Crippen LogP contribution is -2.48. The van der Waals surface area contributed by atoms with Gasteiger partial charge in [-0.25, -0.2) is 0 Å². The van der Waals surface area contributed by atoms with Crippen LogP contribution in [0.5, 0.6) is 0 Å². The van der Waals surface area contributed by atoms with Crippen molar-refractivity contribution in [1.29, 1.82) is 0 Å². The molecule has 2 saturated heterocycles. The van der Waals surface area contributed by atoms with E-state index >= 15 is 0 Å². The molecular weight excluding hydrogens is 248 g/mol. The molecule has 3 heterocycles. The zero-order chi connectivity index (χ0) is 13.7. The van der Waals surface area contributed by atoms with Gasteiger partial charge < -0.3 is 10.6 Å². The Morgan fingerprint density at radius 3 is 2.40 bits per heavy atom. The summed E-state index contributed by atoms with van der Waals surface area (Å²) in [6.45, 7) is 2.03. The highest BCUT2D eigenvalue weighted by molar-refractivity contribution is 5.93. The van der Waals surface area contributed by atoms with Gasteiger partial charge in [-0.05, 0) is 32.6 Å². The van der Waals surface area contributed by atoms with Crippen LogP contribution in [0.15, 0.2) is 24.3 Å². The van der Waals surface area contributed by atoms with Crippen molar-refractivity contribution in [2.45, 2.75) is 50.7 Å². The fraction of sp³-hybridized carbons (Fsp3) is 0.500. The van der Waals surface area contributed by atoms with Gasteiger partial charge in [0.1, 0.15) is 0 Å². The van der Waals surface area contributed by atoms with Crippen LogP contribution in [0, 0.1) is 6.92 Å². The normalized spacial score (nSPS) is 29.1. The van der Waals surface area contributed by atoms with Gasteiger partial charge in [0.15, 0.2) is 5.82 Å². The summed E-state index contributed by atoms with van der Waals surface area (Å²) in [5, 5.41) is 11.3. The minimum Gasteiger partial charge on any atom is -0.349 e. The molecule has 20 heavy (non-hydrogen) atoms. The summed E-state index contributed by atoms with van der Waals surface area (Å²) in [5.74, 6) is 1.06. The van der Waals surface area contributed by atoms with Crippen LogP contribution in [0.4, 0.5) is 5.82 Å². The molecule has 0 aliphatic carbocycles. The average Bonchev–Trinajstić information content (AvgIpc) is 2.72. The second-order valence-electron chi connectivity index (χ2n) is 6.18. The summed E-state index contributed by atoms with van der Waals surface area (Å²) in [6.07, 6.45) is 4.64. The topological polar surface area (TPSA) is 55.0 Å². The van der Waals surface area contributed by atoms with Gasteiger partial charge in [-0.2, -0.15) is 5.10 Å². The van der Waals surface area contributed by atoms with Crippen LogP contribution in [-0.4, -0.2) is 28.3 Å². The summed E-state index contributed by atoms with van der Waals surface area (Å²) in [7, 11) is 0. The van der Waals surface area contributed by atoms with Gasteiger partial charge in [-0.3, -0.25) is 0 Å². The fourth-order valence-corrected chi connectivity index (χ4v) is 3.98. The van der Waals surface area contributed by atoms with Gasteiger partial charge in [0.05, 0.1) is 5.69 Å². The summed E-state index contributed by atoms with van der Waals surface area (Å²) < 4.78 is 0. The predicted octanol–water partition coefficient (Wildman–Crippen LogP) is 2.40. The van der Waals surface area contributed by atoms with E-state index in [1.54, 1.807) is 0 Å². The molecule has 4 nitrogen and oxygen atoms in total. The van der Waals surface area contributed by atoms with Crippen LogP contribution in [0.2, 0.25) is 0 Å². The molecule has 4 rings (SSSR count). The summed E-state index contributed by atoms with van der Waals surface area (Å²) >= 11 is 0. The summed E-state index contributed by atoms with van der Waals surface area (Å²) in [5.41, 5.74) is 7.17. The number of anilines is 1. The van der Waals surface area contributed by atoms with Crippen LogP contribution >= 0.6 is 0 Å². The Hall–Kier alpha value is -1.68.